The van der Waals surface area contributed by atoms with Gasteiger partial charge in [0, 0.05) is 110 Å². The first-order valence-electron chi connectivity index (χ1n) is 55.7. The Morgan fingerprint density at radius 3 is 0.851 bits per heavy atom. The van der Waals surface area contributed by atoms with E-state index < -0.39 is 5.60 Å². The molecular formula is C135H206Cl3N7O3. The van der Waals surface area contributed by atoms with Crippen molar-refractivity contribution in [1.29, 1.82) is 0 Å². The number of anilines is 4. The van der Waals surface area contributed by atoms with Crippen LogP contribution in [0, 0.1) is 69.5 Å². The molecule has 8 atom stereocenters. The van der Waals surface area contributed by atoms with Crippen molar-refractivity contribution in [3.05, 3.63) is 300 Å². The van der Waals surface area contributed by atoms with Gasteiger partial charge in [-0.05, 0) is 353 Å². The average molecular weight is 2080 g/mol. The van der Waals surface area contributed by atoms with Crippen molar-refractivity contribution < 1.29 is 14.3 Å². The predicted octanol–water partition coefficient (Wildman–Crippen LogP) is 40.5. The molecule has 0 bridgehead atoms. The number of piperazine rings is 1. The Morgan fingerprint density at radius 2 is 0.595 bits per heavy atom. The summed E-state index contributed by atoms with van der Waals surface area (Å²) in [7, 11) is 1.95. The van der Waals surface area contributed by atoms with Crippen LogP contribution in [0.25, 0.3) is 5.69 Å². The van der Waals surface area contributed by atoms with Gasteiger partial charge >= 0.3 is 6.09 Å². The largest absolute Gasteiger partial charge is 0.494 e. The summed E-state index contributed by atoms with van der Waals surface area (Å²) in [5, 5.41) is 9.98. The highest BCUT2D eigenvalue weighted by Gasteiger charge is 2.32. The van der Waals surface area contributed by atoms with Gasteiger partial charge in [0.25, 0.3) is 0 Å². The molecule has 0 saturated carbocycles. The van der Waals surface area contributed by atoms with E-state index in [9.17, 15) is 4.79 Å². The molecule has 13 rings (SSSR count). The van der Waals surface area contributed by atoms with Gasteiger partial charge in [0.2, 0.25) is 0 Å². The normalized spacial score (nSPS) is 15.5. The number of carbonyl (C=O) groups is 1. The molecular weight excluding hydrogens is 1870 g/mol. The van der Waals surface area contributed by atoms with Gasteiger partial charge in [-0.2, -0.15) is 5.10 Å². The van der Waals surface area contributed by atoms with Gasteiger partial charge in [-0.3, -0.25) is 0 Å². The number of nitrogens with one attached hydrogen (secondary N) is 1. The van der Waals surface area contributed by atoms with Gasteiger partial charge in [-0.1, -0.05) is 386 Å². The molecule has 10 nitrogen and oxygen atoms in total. The summed E-state index contributed by atoms with van der Waals surface area (Å²) in [4.78, 5) is 21.3. The monoisotopic (exact) mass is 2080 g/mol. The second kappa shape index (κ2) is 57.9. The Bertz CT molecular complexity index is 5290. The van der Waals surface area contributed by atoms with Crippen molar-refractivity contribution in [3.63, 3.8) is 0 Å². The molecule has 3 aliphatic rings. The lowest BCUT2D eigenvalue weighted by molar-refractivity contribution is 0.0240. The van der Waals surface area contributed by atoms with E-state index >= 15 is 0 Å². The third-order valence-electron chi connectivity index (χ3n) is 31.2. The van der Waals surface area contributed by atoms with Crippen LogP contribution in [0.15, 0.2) is 219 Å². The summed E-state index contributed by atoms with van der Waals surface area (Å²) in [6.45, 7) is 102. The Hall–Kier alpha value is -8.67. The Balaban J connectivity index is 0.000000295. The molecule has 3 fully saturated rings. The molecule has 3 aliphatic heterocycles. The first-order valence-corrected chi connectivity index (χ1v) is 56.9. The maximum atomic E-state index is 12.2. The van der Waals surface area contributed by atoms with Crippen molar-refractivity contribution in [2.24, 2.45) is 48.7 Å². The van der Waals surface area contributed by atoms with Gasteiger partial charge in [0.1, 0.15) is 11.4 Å². The van der Waals surface area contributed by atoms with Gasteiger partial charge in [-0.15, -0.1) is 0 Å². The molecule has 9 aromatic carbocycles. The SMILES string of the molecule is CC(c1ccc(-n2cccn2)cc1)C(C)(C)C.CC(c1ccc(N2CCCCC2)cc1)C(C)(C)C.CC(c1ccc(N2CCCCC2)cc1)C(C)(C)C.CC(c1ccc(N2CCN(C(=O)OC(C)(C)C)CC2)cc1)C(C)(C)C.CCOc1ccc(C(C)C(C)(C)C)cc1.CNc1ccc(C(C)C(C)(C)C)cc1.Cc1ccc(C(C)C(C)(C)C)cc1Cl.Cc1ccc(C(C)C(C)(C)C)cc1Cl.Cc1ccc(CC(C)(C)C)cc1Cl. The summed E-state index contributed by atoms with van der Waals surface area (Å²) in [6.07, 6.45) is 12.8. The smallest absolute Gasteiger partial charge is 0.410 e. The Morgan fingerprint density at radius 1 is 0.331 bits per heavy atom. The zero-order chi connectivity index (χ0) is 112. The maximum Gasteiger partial charge on any atom is 0.410 e. The minimum Gasteiger partial charge on any atom is -0.494 e. The quantitative estimate of drug-likeness (QED) is 0.103. The molecule has 0 aliphatic carbocycles. The lowest BCUT2D eigenvalue weighted by Gasteiger charge is -2.37. The van der Waals surface area contributed by atoms with Crippen molar-refractivity contribution in [1.82, 2.24) is 14.7 Å². The molecule has 0 radical (unpaired) electrons. The van der Waals surface area contributed by atoms with Gasteiger partial charge in [0.15, 0.2) is 0 Å². The third-order valence-corrected chi connectivity index (χ3v) is 32.4. The number of hydrogen-bond donors (Lipinski definition) is 1. The van der Waals surface area contributed by atoms with E-state index in [0.717, 1.165) is 69.3 Å². The summed E-state index contributed by atoms with van der Waals surface area (Å²) < 4.78 is 12.8. The standard InChI is InChI=1S/C21H34N2O2.2C17H27N.C15H20N2.C14H22O.2C13H19Cl.C13H21N.C12H17Cl/c1-16(20(2,3)4)17-8-10-18(11-9-17)22-12-14-23(15-13-22)19(24)25-21(5,6)7;2*1-14(17(2,3)4)15-8-10-16(11-9-15)18-12-6-5-7-13-18;1-12(15(2,3)4)13-6-8-14(9-7-13)17-11-5-10-16-17;1-6-15-13-9-7-12(8-10-13)11(2)14(3,4)5;2*1-9-6-7-11(8-12(9)14)10(2)13(3,4)5;1-10(13(2,3)4)11-6-8-12(14-5)9-7-11;1-9-5-6-10(7-11(9)13)8-12(2,3)4/h8-11,16H,12-15H2,1-7H3;2*8-11,14H,5-7,12-13H2,1-4H3;5-12H,1-4H3;7-11H,6H2,1-5H3;2*6-8,10H,1-5H3;6-10,14H,1-5H3;5-7H,8H2,1-4H3. The van der Waals surface area contributed by atoms with Crippen LogP contribution < -0.4 is 24.8 Å². The highest BCUT2D eigenvalue weighted by atomic mass is 35.5. The number of rotatable bonds is 16. The first-order chi connectivity index (χ1) is 68.3. The van der Waals surface area contributed by atoms with Crippen LogP contribution in [0.2, 0.25) is 15.1 Å². The van der Waals surface area contributed by atoms with E-state index in [-0.39, 0.29) is 11.5 Å². The molecule has 3 saturated heterocycles. The van der Waals surface area contributed by atoms with E-state index in [1.165, 1.54) is 138 Å². The van der Waals surface area contributed by atoms with Crippen LogP contribution in [-0.2, 0) is 11.2 Å². The van der Waals surface area contributed by atoms with E-state index in [1.54, 1.807) is 11.1 Å². The molecule has 820 valence electrons. The molecule has 13 heteroatoms. The van der Waals surface area contributed by atoms with Crippen molar-refractivity contribution in [3.8, 4) is 11.4 Å². The lowest BCUT2D eigenvalue weighted by atomic mass is 9.78. The number of hydrogen-bond acceptors (Lipinski definition) is 8. The van der Waals surface area contributed by atoms with E-state index in [2.05, 4.69) is 468 Å². The highest BCUT2D eigenvalue weighted by Crippen LogP contribution is 2.44. The summed E-state index contributed by atoms with van der Waals surface area (Å²) in [6, 6.07) is 74.2. The fourth-order valence-corrected chi connectivity index (χ4v) is 17.7. The minimum absolute atomic E-state index is 0.207. The average Bonchev–Trinajstić information content (AvgIpc) is 1.27. The van der Waals surface area contributed by atoms with Crippen LogP contribution >= 0.6 is 34.8 Å². The van der Waals surface area contributed by atoms with Crippen LogP contribution in [0.5, 0.6) is 5.75 Å². The molecule has 0 spiro atoms. The number of benzene rings is 9. The second-order valence-corrected chi connectivity index (χ2v) is 54.5. The van der Waals surface area contributed by atoms with Gasteiger partial charge in [0.05, 0.1) is 12.3 Å². The van der Waals surface area contributed by atoms with Gasteiger partial charge in [-0.25, -0.2) is 9.48 Å². The van der Waals surface area contributed by atoms with Crippen molar-refractivity contribution in [2.75, 3.05) is 86.0 Å². The van der Waals surface area contributed by atoms with E-state index in [0.29, 0.717) is 104 Å². The van der Waals surface area contributed by atoms with Crippen LogP contribution in [0.3, 0.4) is 0 Å². The molecule has 8 unspecified atom stereocenters. The number of aryl methyl sites for hydroxylation is 3. The number of amides is 1. The molecule has 148 heavy (non-hydrogen) atoms. The molecule has 10 aromatic rings. The molecule has 1 amide bonds. The van der Waals surface area contributed by atoms with Crippen LogP contribution in [0.4, 0.5) is 27.5 Å². The fraction of sp³-hybridized carbons (Fsp3) is 0.570. The van der Waals surface area contributed by atoms with E-state index in [4.69, 9.17) is 44.3 Å². The fourth-order valence-electron chi connectivity index (χ4n) is 17.1. The minimum atomic E-state index is -0.437. The van der Waals surface area contributed by atoms with E-state index in [1.807, 2.05) is 72.5 Å². The number of halogens is 3. The van der Waals surface area contributed by atoms with Crippen molar-refractivity contribution in [2.45, 2.75) is 389 Å². The third kappa shape index (κ3) is 44.9. The molecule has 1 N–H and O–H groups in total. The zero-order valence-electron chi connectivity index (χ0n) is 101. The molecule has 4 heterocycles. The van der Waals surface area contributed by atoms with Gasteiger partial charge < -0.3 is 34.4 Å². The summed E-state index contributed by atoms with van der Waals surface area (Å²) in [5.74, 6) is 5.45. The Kier molecular flexibility index (Phi) is 50.7. The number of carbonyl (C=O) groups excluding carboxylic acids is 1. The number of nitrogens with zero attached hydrogens (tertiary/aromatic N) is 6. The summed E-state index contributed by atoms with van der Waals surface area (Å²) in [5.41, 5.74) is 24.6. The number of piperidine rings is 2. The zero-order valence-corrected chi connectivity index (χ0v) is 104. The highest BCUT2D eigenvalue weighted by molar-refractivity contribution is 6.32. The topological polar surface area (TPSA) is 78.3 Å². The number of ether oxygens (including phenoxy) is 2. The van der Waals surface area contributed by atoms with Crippen LogP contribution in [0.1, 0.15) is 423 Å². The second-order valence-electron chi connectivity index (χ2n) is 53.3. The van der Waals surface area contributed by atoms with Crippen LogP contribution in [-0.4, -0.2) is 92.4 Å². The van der Waals surface area contributed by atoms with Crippen molar-refractivity contribution >= 4 is 63.6 Å². The Labute approximate surface area is 921 Å². The maximum absolute atomic E-state index is 12.2. The first kappa shape index (κ1) is 130. The predicted molar refractivity (Wildman–Crippen MR) is 653 cm³/mol. The summed E-state index contributed by atoms with van der Waals surface area (Å²) >= 11 is 18.3. The lowest BCUT2D eigenvalue weighted by Crippen LogP contribution is -2.50. The molecule has 1 aromatic heterocycles. The number of aromatic nitrogens is 2.